The highest BCUT2D eigenvalue weighted by molar-refractivity contribution is 5.90. The Morgan fingerprint density at radius 1 is 1.23 bits per heavy atom. The van der Waals surface area contributed by atoms with E-state index in [0.717, 1.165) is 5.56 Å². The lowest BCUT2D eigenvalue weighted by atomic mass is 10.0. The van der Waals surface area contributed by atoms with Gasteiger partial charge < -0.3 is 9.47 Å². The second-order valence-electron chi connectivity index (χ2n) is 4.59. The number of allylic oxidation sites excluding steroid dienone is 1. The van der Waals surface area contributed by atoms with Crippen LogP contribution in [0, 0.1) is 21.4 Å². The summed E-state index contributed by atoms with van der Waals surface area (Å²) in [6.07, 6.45) is 1.65. The van der Waals surface area contributed by atoms with Crippen molar-refractivity contribution in [1.29, 1.82) is 5.26 Å². The Balaban J connectivity index is 1.99. The molecular formula is C16H10N2O4. The molecule has 0 unspecified atom stereocenters. The van der Waals surface area contributed by atoms with E-state index in [4.69, 9.17) is 9.47 Å². The van der Waals surface area contributed by atoms with Crippen molar-refractivity contribution in [2.45, 2.75) is 0 Å². The minimum Gasteiger partial charge on any atom is -0.454 e. The van der Waals surface area contributed by atoms with Gasteiger partial charge >= 0.3 is 0 Å². The van der Waals surface area contributed by atoms with Gasteiger partial charge in [0, 0.05) is 12.1 Å². The van der Waals surface area contributed by atoms with E-state index in [-0.39, 0.29) is 12.5 Å². The van der Waals surface area contributed by atoms with Crippen LogP contribution in [0.4, 0.5) is 5.69 Å². The van der Waals surface area contributed by atoms with Gasteiger partial charge in [-0.3, -0.25) is 10.1 Å². The maximum Gasteiger partial charge on any atom is 0.270 e. The molecule has 2 aromatic rings. The zero-order valence-electron chi connectivity index (χ0n) is 11.4. The number of nitrogens with zero attached hydrogens (tertiary/aromatic N) is 2. The SMILES string of the molecule is N#C/C(=C/c1ccc2c(c1)OCO2)c1cccc([N+](=O)[O-])c1. The zero-order valence-corrected chi connectivity index (χ0v) is 11.4. The van der Waals surface area contributed by atoms with E-state index in [0.29, 0.717) is 22.6 Å². The third kappa shape index (κ3) is 2.60. The van der Waals surface area contributed by atoms with Crippen molar-refractivity contribution in [3.63, 3.8) is 0 Å². The maximum absolute atomic E-state index is 10.8. The molecule has 0 fully saturated rings. The molecule has 0 aromatic heterocycles. The minimum atomic E-state index is -0.487. The van der Waals surface area contributed by atoms with Crippen molar-refractivity contribution < 1.29 is 14.4 Å². The van der Waals surface area contributed by atoms with Crippen LogP contribution in [-0.4, -0.2) is 11.7 Å². The number of nitro groups is 1. The number of nitriles is 1. The van der Waals surface area contributed by atoms with E-state index < -0.39 is 4.92 Å². The van der Waals surface area contributed by atoms with E-state index in [1.807, 2.05) is 0 Å². The number of rotatable bonds is 3. The number of benzene rings is 2. The van der Waals surface area contributed by atoms with Gasteiger partial charge in [0.05, 0.1) is 16.6 Å². The fourth-order valence-electron chi connectivity index (χ4n) is 2.14. The second-order valence-corrected chi connectivity index (χ2v) is 4.59. The van der Waals surface area contributed by atoms with E-state index in [1.165, 1.54) is 12.1 Å². The summed E-state index contributed by atoms with van der Waals surface area (Å²) < 4.78 is 10.5. The molecule has 0 spiro atoms. The summed E-state index contributed by atoms with van der Waals surface area (Å²) >= 11 is 0. The Morgan fingerprint density at radius 2 is 2.05 bits per heavy atom. The number of hydrogen-bond donors (Lipinski definition) is 0. The third-order valence-corrected chi connectivity index (χ3v) is 3.20. The molecule has 6 nitrogen and oxygen atoms in total. The van der Waals surface area contributed by atoms with Crippen LogP contribution in [0.5, 0.6) is 11.5 Å². The fourth-order valence-corrected chi connectivity index (χ4v) is 2.14. The molecule has 0 saturated heterocycles. The Morgan fingerprint density at radius 3 is 2.82 bits per heavy atom. The van der Waals surface area contributed by atoms with Crippen LogP contribution in [-0.2, 0) is 0 Å². The first-order valence-electron chi connectivity index (χ1n) is 6.43. The van der Waals surface area contributed by atoms with Gasteiger partial charge in [0.15, 0.2) is 11.5 Å². The second kappa shape index (κ2) is 5.58. The van der Waals surface area contributed by atoms with Crippen LogP contribution in [0.3, 0.4) is 0 Å². The van der Waals surface area contributed by atoms with Crippen molar-refractivity contribution in [3.8, 4) is 17.6 Å². The van der Waals surface area contributed by atoms with E-state index >= 15 is 0 Å². The molecule has 0 radical (unpaired) electrons. The van der Waals surface area contributed by atoms with Gasteiger partial charge in [-0.2, -0.15) is 5.26 Å². The molecule has 1 aliphatic rings. The van der Waals surface area contributed by atoms with Gasteiger partial charge in [-0.25, -0.2) is 0 Å². The van der Waals surface area contributed by atoms with Gasteiger partial charge in [-0.05, 0) is 29.3 Å². The number of fused-ring (bicyclic) bond motifs is 1. The Kier molecular flexibility index (Phi) is 3.46. The van der Waals surface area contributed by atoms with Crippen LogP contribution in [0.25, 0.3) is 11.6 Å². The van der Waals surface area contributed by atoms with Crippen LogP contribution in [0.2, 0.25) is 0 Å². The molecule has 0 bridgehead atoms. The molecule has 0 amide bonds. The highest BCUT2D eigenvalue weighted by Crippen LogP contribution is 2.33. The molecule has 0 N–H and O–H groups in total. The summed E-state index contributed by atoms with van der Waals surface area (Å²) in [5.41, 5.74) is 1.54. The lowest BCUT2D eigenvalue weighted by Crippen LogP contribution is -1.92. The average molecular weight is 294 g/mol. The molecule has 1 aliphatic heterocycles. The molecule has 108 valence electrons. The van der Waals surface area contributed by atoms with Crippen molar-refractivity contribution in [3.05, 3.63) is 63.7 Å². The Bertz CT molecular complexity index is 821. The van der Waals surface area contributed by atoms with Crippen molar-refractivity contribution in [2.24, 2.45) is 0 Å². The zero-order chi connectivity index (χ0) is 15.5. The first-order valence-corrected chi connectivity index (χ1v) is 6.43. The Hall–Kier alpha value is -3.33. The molecular weight excluding hydrogens is 284 g/mol. The van der Waals surface area contributed by atoms with Crippen LogP contribution in [0.15, 0.2) is 42.5 Å². The molecule has 6 heteroatoms. The number of hydrogen-bond acceptors (Lipinski definition) is 5. The van der Waals surface area contributed by atoms with Gasteiger partial charge in [0.2, 0.25) is 6.79 Å². The van der Waals surface area contributed by atoms with Gasteiger partial charge in [-0.15, -0.1) is 0 Å². The lowest BCUT2D eigenvalue weighted by Gasteiger charge is -2.01. The quantitative estimate of drug-likeness (QED) is 0.375. The monoisotopic (exact) mass is 294 g/mol. The Labute approximate surface area is 126 Å². The van der Waals surface area contributed by atoms with Gasteiger partial charge in [0.25, 0.3) is 5.69 Å². The highest BCUT2D eigenvalue weighted by Gasteiger charge is 2.13. The first-order chi connectivity index (χ1) is 10.7. The molecule has 22 heavy (non-hydrogen) atoms. The minimum absolute atomic E-state index is 0.0515. The predicted octanol–water partition coefficient (Wildman–Crippen LogP) is 3.39. The van der Waals surface area contributed by atoms with Crippen molar-refractivity contribution >= 4 is 17.3 Å². The summed E-state index contributed by atoms with van der Waals surface area (Å²) in [5.74, 6) is 1.27. The van der Waals surface area contributed by atoms with Crippen LogP contribution < -0.4 is 9.47 Å². The van der Waals surface area contributed by atoms with Gasteiger partial charge in [-0.1, -0.05) is 18.2 Å². The standard InChI is InChI=1S/C16H10N2O4/c17-9-13(12-2-1-3-14(8-12)18(19)20)6-11-4-5-15-16(7-11)22-10-21-15/h1-8H,10H2/b13-6-. The van der Waals surface area contributed by atoms with Crippen molar-refractivity contribution in [2.75, 3.05) is 6.79 Å². The average Bonchev–Trinajstić information content (AvgIpc) is 3.00. The number of nitro benzene ring substituents is 1. The predicted molar refractivity (Wildman–Crippen MR) is 79.1 cm³/mol. The summed E-state index contributed by atoms with van der Waals surface area (Å²) in [6.45, 7) is 0.179. The first kappa shape index (κ1) is 13.6. The largest absolute Gasteiger partial charge is 0.454 e. The van der Waals surface area contributed by atoms with E-state index in [9.17, 15) is 15.4 Å². The smallest absolute Gasteiger partial charge is 0.270 e. The van der Waals surface area contributed by atoms with E-state index in [1.54, 1.807) is 36.4 Å². The fraction of sp³-hybridized carbons (Fsp3) is 0.0625. The topological polar surface area (TPSA) is 85.4 Å². The summed E-state index contributed by atoms with van der Waals surface area (Å²) in [4.78, 5) is 10.3. The molecule has 0 aliphatic carbocycles. The maximum atomic E-state index is 10.8. The summed E-state index contributed by atoms with van der Waals surface area (Å²) in [7, 11) is 0. The normalized spacial score (nSPS) is 12.8. The molecule has 0 atom stereocenters. The third-order valence-electron chi connectivity index (χ3n) is 3.20. The molecule has 3 rings (SSSR count). The molecule has 2 aromatic carbocycles. The van der Waals surface area contributed by atoms with Crippen molar-refractivity contribution in [1.82, 2.24) is 0 Å². The molecule has 0 saturated carbocycles. The number of non-ortho nitro benzene ring substituents is 1. The van der Waals surface area contributed by atoms with E-state index in [2.05, 4.69) is 6.07 Å². The number of ether oxygens (including phenoxy) is 2. The van der Waals surface area contributed by atoms with Crippen LogP contribution >= 0.6 is 0 Å². The van der Waals surface area contributed by atoms with Crippen LogP contribution in [0.1, 0.15) is 11.1 Å². The summed E-state index contributed by atoms with van der Waals surface area (Å²) in [6, 6.07) is 13.4. The van der Waals surface area contributed by atoms with Gasteiger partial charge in [0.1, 0.15) is 0 Å². The summed E-state index contributed by atoms with van der Waals surface area (Å²) in [5, 5.41) is 20.1. The lowest BCUT2D eigenvalue weighted by molar-refractivity contribution is -0.384. The highest BCUT2D eigenvalue weighted by atomic mass is 16.7. The molecule has 1 heterocycles.